The molecule has 0 heterocycles. The molecule has 0 N–H and O–H groups in total. The van der Waals surface area contributed by atoms with Gasteiger partial charge in [-0.2, -0.15) is 0 Å². The quantitative estimate of drug-likeness (QED) is 0.217. The van der Waals surface area contributed by atoms with Crippen LogP contribution in [0.4, 0.5) is 0 Å². The van der Waals surface area contributed by atoms with E-state index in [0.717, 1.165) is 11.1 Å². The molecule has 7 aromatic rings. The van der Waals surface area contributed by atoms with Gasteiger partial charge >= 0.3 is 0 Å². The van der Waals surface area contributed by atoms with Crippen LogP contribution in [0.3, 0.4) is 0 Å². The summed E-state index contributed by atoms with van der Waals surface area (Å²) in [6.45, 7) is 8.53. The molecule has 0 atom stereocenters. The summed E-state index contributed by atoms with van der Waals surface area (Å²) in [5.41, 5.74) is 9.41. The first kappa shape index (κ1) is 23.9. The molecule has 0 bridgehead atoms. The highest BCUT2D eigenvalue weighted by molar-refractivity contribution is 6.12. The molecule has 0 unspecified atom stereocenters. The SMILES string of the molecule is C=Cc1c(C=C)c(-c2ccc3ccccc3c2)c2ccccc2c1-c1ccc(-c2cccc3ccccc23)cc1. The van der Waals surface area contributed by atoms with Gasteiger partial charge in [0.2, 0.25) is 0 Å². The van der Waals surface area contributed by atoms with E-state index in [9.17, 15) is 0 Å². The third-order valence-corrected chi connectivity index (χ3v) is 8.02. The lowest BCUT2D eigenvalue weighted by atomic mass is 9.83. The van der Waals surface area contributed by atoms with E-state index in [4.69, 9.17) is 0 Å². The van der Waals surface area contributed by atoms with Gasteiger partial charge in [0.15, 0.2) is 0 Å². The second-order valence-electron chi connectivity index (χ2n) is 10.2. The van der Waals surface area contributed by atoms with Gasteiger partial charge in [-0.05, 0) is 82.9 Å². The van der Waals surface area contributed by atoms with Crippen molar-refractivity contribution in [2.75, 3.05) is 0 Å². The lowest BCUT2D eigenvalue weighted by Gasteiger charge is -2.20. The molecule has 0 fully saturated rings. The van der Waals surface area contributed by atoms with E-state index in [1.807, 2.05) is 12.2 Å². The minimum atomic E-state index is 1.11. The van der Waals surface area contributed by atoms with Crippen LogP contribution >= 0.6 is 0 Å². The third kappa shape index (κ3) is 3.85. The zero-order chi connectivity index (χ0) is 27.1. The van der Waals surface area contributed by atoms with Crippen molar-refractivity contribution in [1.29, 1.82) is 0 Å². The van der Waals surface area contributed by atoms with Crippen molar-refractivity contribution in [3.05, 3.63) is 158 Å². The van der Waals surface area contributed by atoms with Crippen LogP contribution in [0.2, 0.25) is 0 Å². The van der Waals surface area contributed by atoms with Crippen molar-refractivity contribution in [3.8, 4) is 33.4 Å². The Morgan fingerprint density at radius 2 is 0.875 bits per heavy atom. The molecular weight excluding hydrogens is 480 g/mol. The standard InChI is InChI=1S/C40H28/c1-3-33-34(4-2)40(32-25-20-27-12-5-6-14-31(27)26-32)38-18-10-9-17-37(38)39(33)30-23-21-29(22-24-30)36-19-11-15-28-13-7-8-16-35(28)36/h3-26H,1-2H2. The van der Waals surface area contributed by atoms with Gasteiger partial charge < -0.3 is 0 Å². The van der Waals surface area contributed by atoms with Gasteiger partial charge in [0.25, 0.3) is 0 Å². The summed E-state index contributed by atoms with van der Waals surface area (Å²) < 4.78 is 0. The Bertz CT molecular complexity index is 2070. The predicted octanol–water partition coefficient (Wildman–Crippen LogP) is 11.4. The van der Waals surface area contributed by atoms with Crippen LogP contribution < -0.4 is 0 Å². The lowest BCUT2D eigenvalue weighted by Crippen LogP contribution is -1.96. The minimum Gasteiger partial charge on any atom is -0.0984 e. The van der Waals surface area contributed by atoms with Gasteiger partial charge in [-0.15, -0.1) is 0 Å². The molecule has 7 aromatic carbocycles. The Kier molecular flexibility index (Phi) is 5.87. The zero-order valence-electron chi connectivity index (χ0n) is 22.3. The third-order valence-electron chi connectivity index (χ3n) is 8.02. The topological polar surface area (TPSA) is 0 Å². The zero-order valence-corrected chi connectivity index (χ0v) is 22.3. The molecule has 0 amide bonds. The van der Waals surface area contributed by atoms with Crippen LogP contribution in [-0.2, 0) is 0 Å². The van der Waals surface area contributed by atoms with Crippen molar-refractivity contribution in [2.24, 2.45) is 0 Å². The average Bonchev–Trinajstić information content (AvgIpc) is 3.03. The van der Waals surface area contributed by atoms with E-state index in [1.54, 1.807) is 0 Å². The summed E-state index contributed by atoms with van der Waals surface area (Å²) in [6.07, 6.45) is 3.98. The molecule has 0 nitrogen and oxygen atoms in total. The van der Waals surface area contributed by atoms with E-state index >= 15 is 0 Å². The number of fused-ring (bicyclic) bond motifs is 3. The molecule has 0 saturated carbocycles. The molecule has 188 valence electrons. The number of rotatable bonds is 5. The highest BCUT2D eigenvalue weighted by Crippen LogP contribution is 2.44. The summed E-state index contributed by atoms with van der Waals surface area (Å²) in [5.74, 6) is 0. The maximum absolute atomic E-state index is 4.27. The maximum Gasteiger partial charge on any atom is -0.00264 e. The molecule has 0 radical (unpaired) electrons. The maximum atomic E-state index is 4.27. The van der Waals surface area contributed by atoms with Crippen LogP contribution in [0, 0.1) is 0 Å². The first-order chi connectivity index (χ1) is 19.8. The van der Waals surface area contributed by atoms with Crippen molar-refractivity contribution in [3.63, 3.8) is 0 Å². The first-order valence-corrected chi connectivity index (χ1v) is 13.7. The fourth-order valence-corrected chi connectivity index (χ4v) is 6.16. The monoisotopic (exact) mass is 508 g/mol. The predicted molar refractivity (Wildman–Crippen MR) is 175 cm³/mol. The number of hydrogen-bond acceptors (Lipinski definition) is 0. The van der Waals surface area contributed by atoms with Crippen LogP contribution in [0.5, 0.6) is 0 Å². The molecule has 40 heavy (non-hydrogen) atoms. The molecule has 0 heteroatoms. The molecule has 0 saturated heterocycles. The highest BCUT2D eigenvalue weighted by Gasteiger charge is 2.19. The smallest absolute Gasteiger partial charge is 0.00264 e. The summed E-state index contributed by atoms with van der Waals surface area (Å²) in [6, 6.07) is 48.0. The second kappa shape index (κ2) is 9.84. The summed E-state index contributed by atoms with van der Waals surface area (Å²) in [7, 11) is 0. The molecule has 0 aliphatic rings. The lowest BCUT2D eigenvalue weighted by molar-refractivity contribution is 1.58. The second-order valence-corrected chi connectivity index (χ2v) is 10.2. The van der Waals surface area contributed by atoms with E-state index in [2.05, 4.69) is 147 Å². The van der Waals surface area contributed by atoms with Crippen LogP contribution in [0.1, 0.15) is 11.1 Å². The molecular formula is C40H28. The summed E-state index contributed by atoms with van der Waals surface area (Å²) >= 11 is 0. The fraction of sp³-hybridized carbons (Fsp3) is 0. The van der Waals surface area contributed by atoms with Crippen LogP contribution in [0.15, 0.2) is 147 Å². The Balaban J connectivity index is 1.45. The summed E-state index contributed by atoms with van der Waals surface area (Å²) in [4.78, 5) is 0. The normalized spacial score (nSPS) is 11.2. The molecule has 7 rings (SSSR count). The Labute approximate surface area is 235 Å². The van der Waals surface area contributed by atoms with Gasteiger partial charge in [0.05, 0.1) is 0 Å². The molecule has 0 spiro atoms. The van der Waals surface area contributed by atoms with Crippen molar-refractivity contribution in [2.45, 2.75) is 0 Å². The highest BCUT2D eigenvalue weighted by atomic mass is 14.2. The molecule has 0 aromatic heterocycles. The number of benzene rings is 7. The largest absolute Gasteiger partial charge is 0.0984 e. The van der Waals surface area contributed by atoms with E-state index in [1.165, 1.54) is 65.7 Å². The van der Waals surface area contributed by atoms with Gasteiger partial charge in [0, 0.05) is 0 Å². The van der Waals surface area contributed by atoms with Crippen molar-refractivity contribution < 1.29 is 0 Å². The molecule has 0 aliphatic heterocycles. The molecule has 0 aliphatic carbocycles. The summed E-state index contributed by atoms with van der Waals surface area (Å²) in [5, 5.41) is 7.41. The van der Waals surface area contributed by atoms with E-state index in [0.29, 0.717) is 0 Å². The number of hydrogen-bond donors (Lipinski definition) is 0. The van der Waals surface area contributed by atoms with Crippen LogP contribution in [-0.4, -0.2) is 0 Å². The van der Waals surface area contributed by atoms with Gasteiger partial charge in [-0.3, -0.25) is 0 Å². The van der Waals surface area contributed by atoms with E-state index < -0.39 is 0 Å². The Hall–Kier alpha value is -5.20. The van der Waals surface area contributed by atoms with E-state index in [-0.39, 0.29) is 0 Å². The van der Waals surface area contributed by atoms with Crippen molar-refractivity contribution >= 4 is 44.5 Å². The van der Waals surface area contributed by atoms with Crippen LogP contribution in [0.25, 0.3) is 77.9 Å². The van der Waals surface area contributed by atoms with Gasteiger partial charge in [-0.1, -0.05) is 153 Å². The van der Waals surface area contributed by atoms with Gasteiger partial charge in [-0.25, -0.2) is 0 Å². The average molecular weight is 509 g/mol. The fourth-order valence-electron chi connectivity index (χ4n) is 6.16. The first-order valence-electron chi connectivity index (χ1n) is 13.7. The Morgan fingerprint density at radius 1 is 0.375 bits per heavy atom. The van der Waals surface area contributed by atoms with Crippen molar-refractivity contribution in [1.82, 2.24) is 0 Å². The minimum absolute atomic E-state index is 1.11. The Morgan fingerprint density at radius 3 is 1.55 bits per heavy atom. The van der Waals surface area contributed by atoms with Gasteiger partial charge in [0.1, 0.15) is 0 Å².